The quantitative estimate of drug-likeness (QED) is 0.384. The van der Waals surface area contributed by atoms with Gasteiger partial charge in [0.25, 0.3) is 5.91 Å². The molecule has 0 bridgehead atoms. The zero-order chi connectivity index (χ0) is 23.7. The molecule has 9 heteroatoms. The molecule has 0 aromatic heterocycles. The van der Waals surface area contributed by atoms with E-state index in [0.29, 0.717) is 5.69 Å². The monoisotopic (exact) mass is 464 g/mol. The Bertz CT molecular complexity index is 1070. The Hall–Kier alpha value is -3.36. The van der Waals surface area contributed by atoms with Crippen LogP contribution >= 0.6 is 11.6 Å². The van der Waals surface area contributed by atoms with Crippen molar-refractivity contribution in [2.45, 2.75) is 19.6 Å². The number of rotatable bonds is 4. The van der Waals surface area contributed by atoms with Crippen LogP contribution in [0.1, 0.15) is 28.4 Å². The van der Waals surface area contributed by atoms with Gasteiger partial charge in [0.1, 0.15) is 0 Å². The maximum Gasteiger partial charge on any atom is 0.420 e. The molecule has 5 nitrogen and oxygen atoms in total. The average Bonchev–Trinajstić information content (AvgIpc) is 2.74. The van der Waals surface area contributed by atoms with Crippen LogP contribution in [0.15, 0.2) is 72.8 Å². The van der Waals surface area contributed by atoms with Crippen LogP contribution in [0.4, 0.5) is 18.9 Å². The fourth-order valence-electron chi connectivity index (χ4n) is 2.58. The van der Waals surface area contributed by atoms with Gasteiger partial charge in [0.05, 0.1) is 11.1 Å². The minimum Gasteiger partial charge on any atom is -0.425 e. The largest absolute Gasteiger partial charge is 0.425 e. The molecule has 0 heterocycles. The SMILES string of the molecule is CC(=O)Oc1c(C(=O)Nc2cccc(CN)c2)cccc1C(F)(F)F.Clc1ccccc1. The van der Waals surface area contributed by atoms with E-state index in [1.807, 2.05) is 30.3 Å². The predicted molar refractivity (Wildman–Crippen MR) is 116 cm³/mol. The molecule has 3 rings (SSSR count). The summed E-state index contributed by atoms with van der Waals surface area (Å²) in [5.74, 6) is -2.62. The van der Waals surface area contributed by atoms with Gasteiger partial charge in [0, 0.05) is 24.2 Å². The summed E-state index contributed by atoms with van der Waals surface area (Å²) < 4.78 is 44.1. The molecule has 168 valence electrons. The summed E-state index contributed by atoms with van der Waals surface area (Å²) in [6.07, 6.45) is -4.78. The summed E-state index contributed by atoms with van der Waals surface area (Å²) in [5, 5.41) is 3.27. The molecule has 3 aromatic rings. The first-order valence-electron chi connectivity index (χ1n) is 9.31. The van der Waals surface area contributed by atoms with E-state index in [4.69, 9.17) is 17.3 Å². The first-order chi connectivity index (χ1) is 15.1. The van der Waals surface area contributed by atoms with Crippen LogP contribution in [0.3, 0.4) is 0 Å². The van der Waals surface area contributed by atoms with Crippen LogP contribution < -0.4 is 15.8 Å². The number of carbonyl (C=O) groups is 2. The summed E-state index contributed by atoms with van der Waals surface area (Å²) in [6, 6.07) is 19.0. The fraction of sp³-hybridized carbons (Fsp3) is 0.130. The molecule has 3 N–H and O–H groups in total. The molecule has 3 aromatic carbocycles. The van der Waals surface area contributed by atoms with E-state index in [-0.39, 0.29) is 6.54 Å². The zero-order valence-electron chi connectivity index (χ0n) is 16.9. The minimum absolute atomic E-state index is 0.242. The van der Waals surface area contributed by atoms with E-state index < -0.39 is 34.9 Å². The molecule has 0 spiro atoms. The number of nitrogens with two attached hydrogens (primary N) is 1. The number of esters is 1. The van der Waals surface area contributed by atoms with Crippen LogP contribution in [0.25, 0.3) is 0 Å². The van der Waals surface area contributed by atoms with Crippen molar-refractivity contribution in [2.24, 2.45) is 5.73 Å². The molecule has 1 amide bonds. The van der Waals surface area contributed by atoms with Crippen LogP contribution in [0.2, 0.25) is 5.02 Å². The summed E-state index contributed by atoms with van der Waals surface area (Å²) in [4.78, 5) is 23.6. The van der Waals surface area contributed by atoms with Gasteiger partial charge in [-0.1, -0.05) is 48.0 Å². The first-order valence-corrected chi connectivity index (χ1v) is 9.69. The lowest BCUT2D eigenvalue weighted by Gasteiger charge is -2.16. The van der Waals surface area contributed by atoms with E-state index in [1.165, 1.54) is 0 Å². The van der Waals surface area contributed by atoms with Gasteiger partial charge >= 0.3 is 12.1 Å². The second-order valence-electron chi connectivity index (χ2n) is 6.43. The molecule has 0 unspecified atom stereocenters. The third-order valence-electron chi connectivity index (χ3n) is 3.96. The predicted octanol–water partition coefficient (Wildman–Crippen LogP) is 5.68. The lowest BCUT2D eigenvalue weighted by atomic mass is 10.1. The van der Waals surface area contributed by atoms with Gasteiger partial charge in [0.15, 0.2) is 5.75 Å². The van der Waals surface area contributed by atoms with Gasteiger partial charge in [-0.15, -0.1) is 0 Å². The Morgan fingerprint density at radius 1 is 1.00 bits per heavy atom. The number of anilines is 1. The van der Waals surface area contributed by atoms with Crippen molar-refractivity contribution < 1.29 is 27.5 Å². The first kappa shape index (κ1) is 24.9. The number of hydrogen-bond acceptors (Lipinski definition) is 4. The van der Waals surface area contributed by atoms with Crippen molar-refractivity contribution in [3.8, 4) is 5.75 Å². The standard InChI is InChI=1S/C17H15F3N2O3.C6H5Cl/c1-10(23)25-15-13(6-3-7-14(15)17(18,19)20)16(24)22-12-5-2-4-11(8-12)9-21;7-6-4-2-1-3-5-6/h2-8H,9,21H2,1H3,(H,22,24);1-5H. The third-order valence-corrected chi connectivity index (χ3v) is 4.22. The molecular formula is C23H20ClF3N2O3. The van der Waals surface area contributed by atoms with Gasteiger partial charge in [-0.2, -0.15) is 13.2 Å². The van der Waals surface area contributed by atoms with Gasteiger partial charge in [-0.25, -0.2) is 0 Å². The number of alkyl halides is 3. The number of halogens is 4. The van der Waals surface area contributed by atoms with Crippen LogP contribution in [0, 0.1) is 0 Å². The van der Waals surface area contributed by atoms with Gasteiger partial charge in [-0.3, -0.25) is 9.59 Å². The van der Waals surface area contributed by atoms with Crippen LogP contribution in [0.5, 0.6) is 5.75 Å². The molecule has 0 aliphatic heterocycles. The van der Waals surface area contributed by atoms with Crippen molar-refractivity contribution in [2.75, 3.05) is 5.32 Å². The summed E-state index contributed by atoms with van der Waals surface area (Å²) in [5.41, 5.74) is 5.01. The summed E-state index contributed by atoms with van der Waals surface area (Å²) in [6.45, 7) is 1.20. The van der Waals surface area contributed by atoms with Gasteiger partial charge in [0.2, 0.25) is 0 Å². The van der Waals surface area contributed by atoms with E-state index in [9.17, 15) is 22.8 Å². The van der Waals surface area contributed by atoms with Crippen molar-refractivity contribution in [3.05, 3.63) is 94.5 Å². The molecule has 0 saturated heterocycles. The Morgan fingerprint density at radius 3 is 2.19 bits per heavy atom. The van der Waals surface area contributed by atoms with Crippen LogP contribution in [-0.4, -0.2) is 11.9 Å². The number of carbonyl (C=O) groups excluding carboxylic acids is 2. The summed E-state index contributed by atoms with van der Waals surface area (Å²) in [7, 11) is 0. The highest BCUT2D eigenvalue weighted by Crippen LogP contribution is 2.38. The van der Waals surface area contributed by atoms with Crippen molar-refractivity contribution in [3.63, 3.8) is 0 Å². The summed E-state index contributed by atoms with van der Waals surface area (Å²) >= 11 is 5.54. The second kappa shape index (κ2) is 11.3. The molecule has 0 aliphatic rings. The normalized spacial score (nSPS) is 10.6. The smallest absolute Gasteiger partial charge is 0.420 e. The maximum atomic E-state index is 13.1. The number of nitrogens with one attached hydrogen (secondary N) is 1. The Morgan fingerprint density at radius 2 is 1.66 bits per heavy atom. The molecule has 0 radical (unpaired) electrons. The number of hydrogen-bond donors (Lipinski definition) is 2. The maximum absolute atomic E-state index is 13.1. The van der Waals surface area contributed by atoms with Gasteiger partial charge < -0.3 is 15.8 Å². The van der Waals surface area contributed by atoms with E-state index in [2.05, 4.69) is 10.1 Å². The zero-order valence-corrected chi connectivity index (χ0v) is 17.7. The highest BCUT2D eigenvalue weighted by Gasteiger charge is 2.37. The lowest BCUT2D eigenvalue weighted by molar-refractivity contribution is -0.141. The Kier molecular flexibility index (Phi) is 8.80. The van der Waals surface area contributed by atoms with Crippen molar-refractivity contribution in [1.29, 1.82) is 0 Å². The molecule has 0 saturated carbocycles. The van der Waals surface area contributed by atoms with E-state index in [1.54, 1.807) is 24.3 Å². The number of ether oxygens (including phenoxy) is 1. The Labute approximate surface area is 188 Å². The Balaban J connectivity index is 0.000000439. The molecule has 32 heavy (non-hydrogen) atoms. The number of amides is 1. The van der Waals surface area contributed by atoms with Crippen LogP contribution in [-0.2, 0) is 17.5 Å². The number of para-hydroxylation sites is 1. The molecule has 0 atom stereocenters. The van der Waals surface area contributed by atoms with Gasteiger partial charge in [-0.05, 0) is 42.0 Å². The minimum atomic E-state index is -4.78. The lowest BCUT2D eigenvalue weighted by Crippen LogP contribution is -2.18. The average molecular weight is 465 g/mol. The topological polar surface area (TPSA) is 81.4 Å². The molecule has 0 aliphatic carbocycles. The molecule has 0 fully saturated rings. The van der Waals surface area contributed by atoms with E-state index >= 15 is 0 Å². The van der Waals surface area contributed by atoms with Crippen molar-refractivity contribution in [1.82, 2.24) is 0 Å². The van der Waals surface area contributed by atoms with E-state index in [0.717, 1.165) is 35.7 Å². The molecular weight excluding hydrogens is 445 g/mol. The second-order valence-corrected chi connectivity index (χ2v) is 6.86. The third kappa shape index (κ3) is 7.40. The van der Waals surface area contributed by atoms with Crippen molar-refractivity contribution >= 4 is 29.2 Å². The highest BCUT2D eigenvalue weighted by atomic mass is 35.5. The number of benzene rings is 3. The highest BCUT2D eigenvalue weighted by molar-refractivity contribution is 6.30. The fourth-order valence-corrected chi connectivity index (χ4v) is 2.73.